The first-order valence-electron chi connectivity index (χ1n) is 24.7. The molecule has 1 aliphatic rings. The summed E-state index contributed by atoms with van der Waals surface area (Å²) in [4.78, 5) is 10.4. The van der Waals surface area contributed by atoms with E-state index in [0.717, 1.165) is 39.2 Å². The average molecular weight is 932 g/mol. The van der Waals surface area contributed by atoms with Gasteiger partial charge in [0.25, 0.3) is 0 Å². The molecular weight excluding hydrogens is 887 g/mol. The van der Waals surface area contributed by atoms with Crippen molar-refractivity contribution in [1.29, 1.82) is 0 Å². The Morgan fingerprint density at radius 3 is 1.47 bits per heavy atom. The second-order valence-electron chi connectivity index (χ2n) is 18.9. The van der Waals surface area contributed by atoms with E-state index in [4.69, 9.17) is 9.97 Å². The van der Waals surface area contributed by atoms with Crippen molar-refractivity contribution in [1.82, 2.24) is 14.5 Å². The van der Waals surface area contributed by atoms with E-state index in [1.165, 1.54) is 81.3 Å². The van der Waals surface area contributed by atoms with Crippen LogP contribution in [0.25, 0.3) is 106 Å². The summed E-state index contributed by atoms with van der Waals surface area (Å²) in [5.41, 5.74) is 15.8. The lowest BCUT2D eigenvalue weighted by Crippen LogP contribution is -2.72. The van der Waals surface area contributed by atoms with Gasteiger partial charge in [-0.25, -0.2) is 9.97 Å². The van der Waals surface area contributed by atoms with Crippen LogP contribution < -0.4 is 20.7 Å². The zero-order valence-electron chi connectivity index (χ0n) is 39.3. The topological polar surface area (TPSA) is 30.7 Å². The van der Waals surface area contributed by atoms with Gasteiger partial charge < -0.3 is 4.57 Å². The fourth-order valence-corrected chi connectivity index (χ4v) is 16.7. The van der Waals surface area contributed by atoms with E-state index in [2.05, 4.69) is 259 Å². The Kier molecular flexibility index (Phi) is 9.87. The molecule has 0 saturated carbocycles. The normalized spacial score (nSPS) is 12.6. The van der Waals surface area contributed by atoms with Crippen LogP contribution >= 0.6 is 0 Å². The fraction of sp³-hybridized carbons (Fsp3) is 0. The predicted octanol–water partition coefficient (Wildman–Crippen LogP) is 14.4. The molecule has 13 aromatic rings. The van der Waals surface area contributed by atoms with Crippen LogP contribution in [0.4, 0.5) is 0 Å². The minimum atomic E-state index is -2.54. The lowest BCUT2D eigenvalue weighted by molar-refractivity contribution is 1.18. The van der Waals surface area contributed by atoms with Gasteiger partial charge in [-0.2, -0.15) is 0 Å². The summed E-state index contributed by atoms with van der Waals surface area (Å²) in [5.74, 6) is 0.701. The third kappa shape index (κ3) is 6.79. The zero-order valence-corrected chi connectivity index (χ0v) is 40.3. The van der Waals surface area contributed by atoms with Crippen LogP contribution in [-0.4, -0.2) is 22.6 Å². The summed E-state index contributed by atoms with van der Waals surface area (Å²) in [6, 6.07) is 99.7. The Labute approximate surface area is 419 Å². The molecule has 0 saturated heterocycles. The quantitative estimate of drug-likeness (QED) is 0.142. The first-order valence-corrected chi connectivity index (χ1v) is 26.7. The first kappa shape index (κ1) is 41.7. The molecule has 0 atom stereocenters. The van der Waals surface area contributed by atoms with Crippen LogP contribution in [0.15, 0.2) is 273 Å². The Morgan fingerprint density at radius 1 is 0.292 bits per heavy atom. The number of hydrogen-bond acceptors (Lipinski definition) is 2. The molecule has 2 aromatic heterocycles. The van der Waals surface area contributed by atoms with Crippen molar-refractivity contribution in [3.8, 4) is 73.0 Å². The van der Waals surface area contributed by atoms with Gasteiger partial charge in [-0.3, -0.25) is 0 Å². The van der Waals surface area contributed by atoms with Crippen LogP contribution in [0.1, 0.15) is 0 Å². The molecule has 72 heavy (non-hydrogen) atoms. The number of aromatic nitrogens is 3. The summed E-state index contributed by atoms with van der Waals surface area (Å²) in [7, 11) is -2.54. The van der Waals surface area contributed by atoms with Gasteiger partial charge in [0.2, 0.25) is 0 Å². The van der Waals surface area contributed by atoms with Crippen molar-refractivity contribution in [3.63, 3.8) is 0 Å². The van der Waals surface area contributed by atoms with Crippen LogP contribution in [0.5, 0.6) is 0 Å². The zero-order chi connectivity index (χ0) is 47.6. The summed E-state index contributed by atoms with van der Waals surface area (Å²) in [6.07, 6.45) is 0. The number of rotatable bonds is 8. The van der Waals surface area contributed by atoms with Gasteiger partial charge in [0.15, 0.2) is 13.9 Å². The molecule has 0 amide bonds. The van der Waals surface area contributed by atoms with Crippen molar-refractivity contribution in [2.75, 3.05) is 0 Å². The Hall–Kier alpha value is -9.22. The Bertz CT molecular complexity index is 4110. The molecule has 0 aliphatic carbocycles. The van der Waals surface area contributed by atoms with Gasteiger partial charge in [-0.05, 0) is 113 Å². The van der Waals surface area contributed by atoms with Gasteiger partial charge in [-0.1, -0.05) is 224 Å². The number of fused-ring (bicyclic) bond motifs is 7. The minimum absolute atomic E-state index is 0.701. The molecule has 0 spiro atoms. The highest BCUT2D eigenvalue weighted by Crippen LogP contribution is 2.37. The van der Waals surface area contributed by atoms with Crippen LogP contribution in [0.3, 0.4) is 0 Å². The van der Waals surface area contributed by atoms with Gasteiger partial charge in [0.05, 0.1) is 22.4 Å². The highest BCUT2D eigenvalue weighted by Gasteiger charge is 2.48. The van der Waals surface area contributed by atoms with E-state index in [-0.39, 0.29) is 0 Å². The molecule has 14 rings (SSSR count). The standard InChI is InChI=1S/C68H45N3Si/c1-4-17-48(18-5-1)68-69-62(47-33-31-46(32-34-47)53-39-40-67-61(44-53)60-27-12-15-30-66(60)72(67,56-21-6-2-7-22-56)57-23-8-3-9-24-57)45-63(70-68)54-38-37-51-41-50(35-36-52(51)42-54)49-19-16-20-55(43-49)71-64-28-13-10-25-58(64)59-26-11-14-29-65(59)71/h1-45H. The lowest BCUT2D eigenvalue weighted by atomic mass is 9.97. The van der Waals surface area contributed by atoms with Crippen LogP contribution in [0, 0.1) is 0 Å². The summed E-state index contributed by atoms with van der Waals surface area (Å²) in [6.45, 7) is 0. The van der Waals surface area contributed by atoms with Crippen molar-refractivity contribution >= 4 is 61.4 Å². The number of nitrogens with zero attached hydrogens (tertiary/aromatic N) is 3. The second kappa shape index (κ2) is 17.0. The molecule has 0 bridgehead atoms. The highest BCUT2D eigenvalue weighted by atomic mass is 28.3. The van der Waals surface area contributed by atoms with Gasteiger partial charge in [0.1, 0.15) is 0 Å². The average Bonchev–Trinajstić information content (AvgIpc) is 3.96. The van der Waals surface area contributed by atoms with Gasteiger partial charge in [0, 0.05) is 33.2 Å². The molecule has 4 heteroatoms. The van der Waals surface area contributed by atoms with Crippen LogP contribution in [-0.2, 0) is 0 Å². The molecule has 0 N–H and O–H groups in total. The Morgan fingerprint density at radius 2 is 0.778 bits per heavy atom. The van der Waals surface area contributed by atoms with E-state index in [1.54, 1.807) is 0 Å². The molecule has 0 fully saturated rings. The van der Waals surface area contributed by atoms with E-state index in [0.29, 0.717) is 5.82 Å². The molecule has 0 unspecified atom stereocenters. The maximum Gasteiger partial charge on any atom is 0.180 e. The minimum Gasteiger partial charge on any atom is -0.309 e. The molecule has 3 nitrogen and oxygen atoms in total. The molecule has 11 aromatic carbocycles. The van der Waals surface area contributed by atoms with Crippen molar-refractivity contribution in [2.45, 2.75) is 0 Å². The Balaban J connectivity index is 0.808. The van der Waals surface area contributed by atoms with E-state index >= 15 is 0 Å². The highest BCUT2D eigenvalue weighted by molar-refractivity contribution is 7.22. The van der Waals surface area contributed by atoms with Crippen molar-refractivity contribution in [2.24, 2.45) is 0 Å². The predicted molar refractivity (Wildman–Crippen MR) is 304 cm³/mol. The smallest absolute Gasteiger partial charge is 0.180 e. The maximum atomic E-state index is 5.21. The van der Waals surface area contributed by atoms with Gasteiger partial charge >= 0.3 is 0 Å². The molecule has 0 radical (unpaired) electrons. The second-order valence-corrected chi connectivity index (χ2v) is 22.6. The summed E-state index contributed by atoms with van der Waals surface area (Å²) in [5, 5.41) is 10.6. The summed E-state index contributed by atoms with van der Waals surface area (Å²) >= 11 is 0. The number of hydrogen-bond donors (Lipinski definition) is 0. The third-order valence-electron chi connectivity index (χ3n) is 14.9. The van der Waals surface area contributed by atoms with Crippen molar-refractivity contribution in [3.05, 3.63) is 273 Å². The monoisotopic (exact) mass is 931 g/mol. The van der Waals surface area contributed by atoms with E-state index in [9.17, 15) is 0 Å². The molecule has 3 heterocycles. The summed E-state index contributed by atoms with van der Waals surface area (Å²) < 4.78 is 2.38. The largest absolute Gasteiger partial charge is 0.309 e. The van der Waals surface area contributed by atoms with Gasteiger partial charge in [-0.15, -0.1) is 0 Å². The first-order chi connectivity index (χ1) is 35.7. The molecule has 336 valence electrons. The molecule has 1 aliphatic heterocycles. The molecular formula is C68H45N3Si. The maximum absolute atomic E-state index is 5.21. The fourth-order valence-electron chi connectivity index (χ4n) is 11.5. The van der Waals surface area contributed by atoms with E-state index in [1.807, 2.05) is 18.2 Å². The van der Waals surface area contributed by atoms with E-state index < -0.39 is 8.07 Å². The van der Waals surface area contributed by atoms with Crippen LogP contribution in [0.2, 0.25) is 0 Å². The number of para-hydroxylation sites is 2. The van der Waals surface area contributed by atoms with Crippen molar-refractivity contribution < 1.29 is 0 Å². The SMILES string of the molecule is c1ccc(-c2nc(-c3ccc(-c4ccc5c(c4)-c4ccccc4[Si]5(c4ccccc4)c4ccccc4)cc3)cc(-c3ccc4cc(-c5cccc(-n6c7ccccc7c7ccccc76)c5)ccc4c3)n2)cc1. The number of benzene rings is 11. The lowest BCUT2D eigenvalue weighted by Gasteiger charge is -2.31. The third-order valence-corrected chi connectivity index (χ3v) is 19.8.